The number of Topliss-reactive ketones (excluding diaryl/α,β-unsaturated/α-hetero) is 1. The summed E-state index contributed by atoms with van der Waals surface area (Å²) in [6.45, 7) is 3.41. The molecule has 1 rings (SSSR count). The Morgan fingerprint density at radius 2 is 2.05 bits per heavy atom. The second kappa shape index (κ2) is 6.38. The van der Waals surface area contributed by atoms with E-state index in [0.29, 0.717) is 0 Å². The summed E-state index contributed by atoms with van der Waals surface area (Å²) in [6.07, 6.45) is 3.70. The van der Waals surface area contributed by atoms with Gasteiger partial charge in [0.05, 0.1) is 4.48 Å². The fraction of sp³-hybridized carbons (Fsp3) is 0.231. The third kappa shape index (κ3) is 4.10. The molecular formula is C13H12BrNO4. The molecule has 1 aliphatic heterocycles. The molecule has 0 aromatic heterocycles. The van der Waals surface area contributed by atoms with Crippen molar-refractivity contribution in [1.82, 2.24) is 4.90 Å². The highest BCUT2D eigenvalue weighted by Gasteiger charge is 2.28. The van der Waals surface area contributed by atoms with Gasteiger partial charge in [-0.05, 0) is 22.0 Å². The van der Waals surface area contributed by atoms with Gasteiger partial charge in [0, 0.05) is 31.5 Å². The largest absolute Gasteiger partial charge is 0.294 e. The monoisotopic (exact) mass is 325 g/mol. The highest BCUT2D eigenvalue weighted by atomic mass is 79.9. The Kier molecular flexibility index (Phi) is 5.11. The normalized spacial score (nSPS) is 15.1. The van der Waals surface area contributed by atoms with Crippen molar-refractivity contribution in [3.05, 3.63) is 34.9 Å². The number of hydrogen-bond acceptors (Lipinski definition) is 4. The van der Waals surface area contributed by atoms with E-state index in [-0.39, 0.29) is 34.5 Å². The number of likely N-dealkylation sites (N-methyl/N-ethyl adjacent to an activating group) is 1. The van der Waals surface area contributed by atoms with Gasteiger partial charge in [0.1, 0.15) is 0 Å². The summed E-state index contributed by atoms with van der Waals surface area (Å²) in [5, 5.41) is 0. The third-order valence-electron chi connectivity index (χ3n) is 2.48. The van der Waals surface area contributed by atoms with Gasteiger partial charge in [-0.15, -0.1) is 0 Å². The van der Waals surface area contributed by atoms with Gasteiger partial charge in [-0.25, -0.2) is 0 Å². The Balaban J connectivity index is 2.53. The van der Waals surface area contributed by atoms with Crippen LogP contribution in [0.5, 0.6) is 0 Å². The highest BCUT2D eigenvalue weighted by Crippen LogP contribution is 2.15. The minimum absolute atomic E-state index is 0.0572. The molecular weight excluding hydrogens is 314 g/mol. The predicted octanol–water partition coefficient (Wildman–Crippen LogP) is 1.29. The van der Waals surface area contributed by atoms with Crippen molar-refractivity contribution in [1.29, 1.82) is 0 Å². The summed E-state index contributed by atoms with van der Waals surface area (Å²) >= 11 is 2.94. The van der Waals surface area contributed by atoms with Gasteiger partial charge in [-0.2, -0.15) is 0 Å². The van der Waals surface area contributed by atoms with Gasteiger partial charge in [-0.3, -0.25) is 24.1 Å². The van der Waals surface area contributed by atoms with Crippen LogP contribution < -0.4 is 0 Å². The lowest BCUT2D eigenvalue weighted by molar-refractivity contribution is -0.136. The molecule has 2 amide bonds. The molecule has 0 saturated carbocycles. The number of ketones is 2. The first kappa shape index (κ1) is 15.2. The van der Waals surface area contributed by atoms with E-state index in [2.05, 4.69) is 22.5 Å². The molecule has 0 aromatic rings. The van der Waals surface area contributed by atoms with Crippen LogP contribution in [0.1, 0.15) is 12.8 Å². The van der Waals surface area contributed by atoms with Crippen molar-refractivity contribution < 1.29 is 19.2 Å². The zero-order valence-corrected chi connectivity index (χ0v) is 11.9. The van der Waals surface area contributed by atoms with Crippen molar-refractivity contribution in [3.63, 3.8) is 0 Å². The molecule has 0 unspecified atom stereocenters. The molecule has 0 atom stereocenters. The lowest BCUT2D eigenvalue weighted by Gasteiger charge is -2.05. The maximum atomic E-state index is 11.6. The maximum Gasteiger partial charge on any atom is 0.257 e. The van der Waals surface area contributed by atoms with Crippen molar-refractivity contribution in [2.45, 2.75) is 12.8 Å². The summed E-state index contributed by atoms with van der Waals surface area (Å²) in [7, 11) is 1.36. The Morgan fingerprint density at radius 3 is 2.53 bits per heavy atom. The Morgan fingerprint density at radius 1 is 1.42 bits per heavy atom. The fourth-order valence-corrected chi connectivity index (χ4v) is 1.57. The SMILES string of the molecule is C=C(Br)C(=O)C/C=C/C(=O)CC1=CC(=O)N(C)C1=O. The van der Waals surface area contributed by atoms with Crippen LogP contribution >= 0.6 is 15.9 Å². The summed E-state index contributed by atoms with van der Waals surface area (Å²) in [5.41, 5.74) is 0.165. The van der Waals surface area contributed by atoms with Gasteiger partial charge < -0.3 is 0 Å². The van der Waals surface area contributed by atoms with E-state index >= 15 is 0 Å². The van der Waals surface area contributed by atoms with Crippen molar-refractivity contribution >= 4 is 39.3 Å². The van der Waals surface area contributed by atoms with Gasteiger partial charge in [0.15, 0.2) is 11.6 Å². The lowest BCUT2D eigenvalue weighted by atomic mass is 10.1. The number of amides is 2. The number of halogens is 1. The van der Waals surface area contributed by atoms with Crippen LogP contribution in [0.15, 0.2) is 34.9 Å². The van der Waals surface area contributed by atoms with E-state index in [4.69, 9.17) is 0 Å². The maximum absolute atomic E-state index is 11.6. The van der Waals surface area contributed by atoms with Crippen molar-refractivity contribution in [3.8, 4) is 0 Å². The number of carbonyl (C=O) groups excluding carboxylic acids is 4. The molecule has 1 aliphatic rings. The quantitative estimate of drug-likeness (QED) is 0.545. The first-order chi connectivity index (χ1) is 8.82. The van der Waals surface area contributed by atoms with E-state index in [9.17, 15) is 19.2 Å². The molecule has 0 N–H and O–H groups in total. The summed E-state index contributed by atoms with van der Waals surface area (Å²) in [6, 6.07) is 0. The molecule has 0 aliphatic carbocycles. The van der Waals surface area contributed by atoms with E-state index in [1.54, 1.807) is 0 Å². The predicted molar refractivity (Wildman–Crippen MR) is 72.3 cm³/mol. The van der Waals surface area contributed by atoms with Crippen LogP contribution in [-0.4, -0.2) is 35.3 Å². The Labute approximate surface area is 118 Å². The second-order valence-electron chi connectivity index (χ2n) is 3.95. The second-order valence-corrected chi connectivity index (χ2v) is 4.91. The van der Waals surface area contributed by atoms with Gasteiger partial charge in [0.25, 0.3) is 11.8 Å². The molecule has 5 nitrogen and oxygen atoms in total. The zero-order chi connectivity index (χ0) is 14.6. The Bertz CT molecular complexity index is 531. The molecule has 100 valence electrons. The minimum atomic E-state index is -0.461. The van der Waals surface area contributed by atoms with Crippen LogP contribution in [0.25, 0.3) is 0 Å². The smallest absolute Gasteiger partial charge is 0.257 e. The van der Waals surface area contributed by atoms with Crippen LogP contribution in [0, 0.1) is 0 Å². The van der Waals surface area contributed by atoms with Crippen molar-refractivity contribution in [2.24, 2.45) is 0 Å². The topological polar surface area (TPSA) is 71.5 Å². The molecule has 0 radical (unpaired) electrons. The zero-order valence-electron chi connectivity index (χ0n) is 10.3. The number of carbonyl (C=O) groups is 4. The first-order valence-corrected chi connectivity index (χ1v) is 6.21. The third-order valence-corrected chi connectivity index (χ3v) is 2.92. The summed E-state index contributed by atoms with van der Waals surface area (Å²) < 4.78 is 0.241. The Hall–Kier alpha value is -1.82. The minimum Gasteiger partial charge on any atom is -0.294 e. The van der Waals surface area contributed by atoms with E-state index in [0.717, 1.165) is 11.0 Å². The molecule has 0 spiro atoms. The van der Waals surface area contributed by atoms with Gasteiger partial charge in [-0.1, -0.05) is 12.7 Å². The summed E-state index contributed by atoms with van der Waals surface area (Å²) in [5.74, 6) is -1.45. The molecule has 0 aromatic carbocycles. The average molecular weight is 326 g/mol. The number of hydrogen-bond donors (Lipinski definition) is 0. The highest BCUT2D eigenvalue weighted by molar-refractivity contribution is 9.12. The number of imide groups is 1. The first-order valence-electron chi connectivity index (χ1n) is 5.42. The van der Waals surface area contributed by atoms with Crippen LogP contribution in [0.3, 0.4) is 0 Å². The number of rotatable bonds is 6. The molecule has 0 saturated heterocycles. The number of allylic oxidation sites excluding steroid dienone is 3. The molecule has 0 fully saturated rings. The molecule has 6 heteroatoms. The van der Waals surface area contributed by atoms with Gasteiger partial charge >= 0.3 is 0 Å². The van der Waals surface area contributed by atoms with E-state index in [1.807, 2.05) is 0 Å². The van der Waals surface area contributed by atoms with Crippen LogP contribution in [-0.2, 0) is 19.2 Å². The molecule has 0 bridgehead atoms. The molecule has 19 heavy (non-hydrogen) atoms. The lowest BCUT2D eigenvalue weighted by Crippen LogP contribution is -2.26. The van der Waals surface area contributed by atoms with Gasteiger partial charge in [0.2, 0.25) is 0 Å². The van der Waals surface area contributed by atoms with Crippen molar-refractivity contribution in [2.75, 3.05) is 7.05 Å². The fourth-order valence-electron chi connectivity index (χ4n) is 1.40. The average Bonchev–Trinajstić information content (AvgIpc) is 2.56. The van der Waals surface area contributed by atoms with Crippen LogP contribution in [0.4, 0.5) is 0 Å². The molecule has 1 heterocycles. The van der Waals surface area contributed by atoms with Crippen LogP contribution in [0.2, 0.25) is 0 Å². The summed E-state index contributed by atoms with van der Waals surface area (Å²) in [4.78, 5) is 46.4. The number of nitrogens with zero attached hydrogens (tertiary/aromatic N) is 1. The standard InChI is InChI=1S/C13H12BrNO4/c1-8(14)11(17)5-3-4-10(16)6-9-7-12(18)15(2)13(9)19/h3-4,7H,1,5-6H2,2H3/b4-3+. The van der Waals surface area contributed by atoms with E-state index < -0.39 is 11.8 Å². The van der Waals surface area contributed by atoms with E-state index in [1.165, 1.54) is 19.2 Å².